The van der Waals surface area contributed by atoms with Gasteiger partial charge < -0.3 is 24.2 Å². The fourth-order valence-electron chi connectivity index (χ4n) is 10.2. The molecule has 0 saturated heterocycles. The molecule has 0 spiro atoms. The Morgan fingerprint density at radius 2 is 0.928 bits per heavy atom. The number of hydrogen-bond donors (Lipinski definition) is 4. The highest BCUT2D eigenvalue weighted by molar-refractivity contribution is 6.58. The standard InChI is InChI=1S/C22H17FN4.C20H13FN4.C16H13ClN4.C6H6BFO2/c1-26-20-10-6-5-9-18(20)24-22(26)21-16-13-14(11-12-19(16)27(2)25-21)15-7-3-4-8-17(15)23;21-15-6-2-1-5-13(15)12-9-10-16-14(11-12)19(25-24-16)20-22-17-7-3-4-8-18(17)23-20;1-20-14-6-4-3-5-12(14)18-16(20)15-11-9-10(17)7-8-13(11)21(2)19-15;8-6-4-2-1-3-5(6)7(9)10/h3-13H,1-2H3;1-11H,(H,22,23)(H,24,25);3-9H,1-2H3;1-4,9-10H. The fraction of sp³-hybridized carbons (Fsp3) is 0.0625. The van der Waals surface area contributed by atoms with Crippen LogP contribution in [0.5, 0.6) is 0 Å². The molecular weight excluding hydrogens is 1070 g/mol. The highest BCUT2D eigenvalue weighted by Crippen LogP contribution is 2.35. The van der Waals surface area contributed by atoms with Gasteiger partial charge in [0.2, 0.25) is 0 Å². The zero-order chi connectivity index (χ0) is 57.5. The minimum atomic E-state index is -1.72. The van der Waals surface area contributed by atoms with Crippen LogP contribution in [0.4, 0.5) is 13.2 Å². The number of nitrogens with one attached hydrogen (secondary N) is 2. The number of aromatic nitrogens is 12. The molecule has 6 heterocycles. The van der Waals surface area contributed by atoms with Crippen LogP contribution in [-0.2, 0) is 28.2 Å². The number of hydrogen-bond acceptors (Lipinski definition) is 8. The number of H-pyrrole nitrogens is 2. The number of fused-ring (bicyclic) bond motifs is 6. The molecule has 4 N–H and O–H groups in total. The number of benzene rings is 9. The average Bonchev–Trinajstić information content (AvgIpc) is 4.16. The molecule has 0 aliphatic heterocycles. The molecule has 19 heteroatoms. The van der Waals surface area contributed by atoms with E-state index in [0.29, 0.717) is 22.0 Å². The van der Waals surface area contributed by atoms with Gasteiger partial charge in [0.25, 0.3) is 0 Å². The Balaban J connectivity index is 0.000000114. The van der Waals surface area contributed by atoms with Gasteiger partial charge in [-0.2, -0.15) is 15.3 Å². The van der Waals surface area contributed by atoms with Crippen molar-refractivity contribution in [2.75, 3.05) is 0 Å². The van der Waals surface area contributed by atoms with Gasteiger partial charge >= 0.3 is 7.12 Å². The molecule has 14 nitrogen and oxygen atoms in total. The molecule has 0 amide bonds. The van der Waals surface area contributed by atoms with Gasteiger partial charge in [-0.15, -0.1) is 0 Å². The molecule has 15 rings (SSSR count). The maximum Gasteiger partial charge on any atom is 0.491 e. The molecule has 0 aliphatic rings. The summed E-state index contributed by atoms with van der Waals surface area (Å²) in [5, 5.41) is 37.4. The Morgan fingerprint density at radius 1 is 0.446 bits per heavy atom. The van der Waals surface area contributed by atoms with E-state index in [-0.39, 0.29) is 17.1 Å². The monoisotopic (exact) mass is 1120 g/mol. The van der Waals surface area contributed by atoms with E-state index < -0.39 is 12.9 Å². The number of imidazole rings is 3. The van der Waals surface area contributed by atoms with Gasteiger partial charge in [-0.05, 0) is 108 Å². The summed E-state index contributed by atoms with van der Waals surface area (Å²) in [6.07, 6.45) is 0. The van der Waals surface area contributed by atoms with Crippen molar-refractivity contribution in [3.8, 4) is 56.8 Å². The van der Waals surface area contributed by atoms with Crippen molar-refractivity contribution in [2.24, 2.45) is 28.2 Å². The van der Waals surface area contributed by atoms with Crippen molar-refractivity contribution in [1.29, 1.82) is 0 Å². The zero-order valence-electron chi connectivity index (χ0n) is 45.0. The molecule has 15 aromatic rings. The third kappa shape index (κ3) is 10.4. The normalized spacial score (nSPS) is 11.3. The number of nitrogens with zero attached hydrogens (tertiary/aromatic N) is 10. The quantitative estimate of drug-likeness (QED) is 0.119. The largest absolute Gasteiger partial charge is 0.491 e. The lowest BCUT2D eigenvalue weighted by molar-refractivity contribution is 0.423. The molecule has 6 aromatic heterocycles. The SMILES string of the molecule is Cn1nc(-c2nc3ccccc3n2C)c2cc(-c3ccccc3F)ccc21.Cn1nc(-c2nc3ccccc3n2C)c2cc(Cl)ccc21.Fc1ccccc1-c1ccc2[nH]nc(-c3nc4ccccc4[nH]3)c2c1.OB(O)c1ccccc1F. The minimum absolute atomic E-state index is 0.0949. The van der Waals surface area contributed by atoms with Crippen LogP contribution in [0.1, 0.15) is 0 Å². The second kappa shape index (κ2) is 22.4. The summed E-state index contributed by atoms with van der Waals surface area (Å²) < 4.78 is 48.7. The van der Waals surface area contributed by atoms with Crippen LogP contribution in [0.25, 0.3) is 123 Å². The predicted octanol–water partition coefficient (Wildman–Crippen LogP) is 13.1. The molecule has 0 saturated carbocycles. The lowest BCUT2D eigenvalue weighted by Gasteiger charge is -2.05. The highest BCUT2D eigenvalue weighted by atomic mass is 35.5. The van der Waals surface area contributed by atoms with Crippen molar-refractivity contribution >= 4 is 90.0 Å². The van der Waals surface area contributed by atoms with Crippen molar-refractivity contribution in [3.63, 3.8) is 0 Å². The highest BCUT2D eigenvalue weighted by Gasteiger charge is 2.21. The van der Waals surface area contributed by atoms with Crippen LogP contribution in [0.2, 0.25) is 5.02 Å². The number of aryl methyl sites for hydroxylation is 4. The van der Waals surface area contributed by atoms with Crippen molar-refractivity contribution in [2.45, 2.75) is 0 Å². The molecule has 0 radical (unpaired) electrons. The molecule has 0 atom stereocenters. The second-order valence-electron chi connectivity index (χ2n) is 19.6. The van der Waals surface area contributed by atoms with E-state index in [1.165, 1.54) is 36.4 Å². The van der Waals surface area contributed by atoms with Crippen LogP contribution < -0.4 is 5.46 Å². The number of halogens is 4. The summed E-state index contributed by atoms with van der Waals surface area (Å²) in [5.74, 6) is 1.27. The van der Waals surface area contributed by atoms with Crippen LogP contribution >= 0.6 is 11.6 Å². The molecular formula is C64H49BClF3N12O2. The summed E-state index contributed by atoms with van der Waals surface area (Å²) in [6.45, 7) is 0. The van der Waals surface area contributed by atoms with Crippen LogP contribution in [0, 0.1) is 17.5 Å². The fourth-order valence-corrected chi connectivity index (χ4v) is 10.4. The maximum atomic E-state index is 14.3. The Kier molecular flexibility index (Phi) is 14.5. The van der Waals surface area contributed by atoms with Crippen LogP contribution in [0.3, 0.4) is 0 Å². The first kappa shape index (κ1) is 53.5. The van der Waals surface area contributed by atoms with Gasteiger partial charge in [-0.1, -0.05) is 115 Å². The third-order valence-corrected chi connectivity index (χ3v) is 14.6. The van der Waals surface area contributed by atoms with Gasteiger partial charge in [0.05, 0.1) is 49.7 Å². The van der Waals surface area contributed by atoms with E-state index >= 15 is 0 Å². The first-order valence-corrected chi connectivity index (χ1v) is 26.6. The first-order chi connectivity index (χ1) is 40.3. The van der Waals surface area contributed by atoms with E-state index in [2.05, 4.69) is 35.9 Å². The second-order valence-corrected chi connectivity index (χ2v) is 20.0. The van der Waals surface area contributed by atoms with Crippen molar-refractivity contribution < 1.29 is 23.2 Å². The summed E-state index contributed by atoms with van der Waals surface area (Å²) in [7, 11) is 6.13. The summed E-state index contributed by atoms with van der Waals surface area (Å²) in [5.41, 5.74) is 13.9. The molecule has 0 unspecified atom stereocenters. The van der Waals surface area contributed by atoms with E-state index in [0.717, 1.165) is 106 Å². The topological polar surface area (TPSA) is 169 Å². The van der Waals surface area contributed by atoms with Gasteiger partial charge in [-0.3, -0.25) is 14.5 Å². The van der Waals surface area contributed by atoms with Crippen molar-refractivity contribution in [1.82, 2.24) is 58.8 Å². The zero-order valence-corrected chi connectivity index (χ0v) is 45.8. The predicted molar refractivity (Wildman–Crippen MR) is 324 cm³/mol. The van der Waals surface area contributed by atoms with E-state index in [1.54, 1.807) is 24.3 Å². The number of aromatic amines is 2. The van der Waals surface area contributed by atoms with Gasteiger partial charge in [0, 0.05) is 66.0 Å². The van der Waals surface area contributed by atoms with Crippen LogP contribution in [-0.4, -0.2) is 76.0 Å². The van der Waals surface area contributed by atoms with Gasteiger partial charge in [0.15, 0.2) is 17.5 Å². The lowest BCUT2D eigenvalue weighted by atomic mass is 9.80. The smallest absolute Gasteiger partial charge is 0.423 e. The minimum Gasteiger partial charge on any atom is -0.423 e. The number of rotatable bonds is 6. The summed E-state index contributed by atoms with van der Waals surface area (Å²) >= 11 is 6.14. The maximum absolute atomic E-state index is 14.3. The third-order valence-electron chi connectivity index (χ3n) is 14.4. The summed E-state index contributed by atoms with van der Waals surface area (Å²) in [6, 6.07) is 60.5. The number of para-hydroxylation sites is 6. The molecule has 0 fully saturated rings. The van der Waals surface area contributed by atoms with E-state index in [9.17, 15) is 13.2 Å². The van der Waals surface area contributed by atoms with E-state index in [4.69, 9.17) is 36.7 Å². The molecule has 0 bridgehead atoms. The molecule has 83 heavy (non-hydrogen) atoms. The molecule has 9 aromatic carbocycles. The van der Waals surface area contributed by atoms with Gasteiger partial charge in [0.1, 0.15) is 34.5 Å². The first-order valence-electron chi connectivity index (χ1n) is 26.3. The van der Waals surface area contributed by atoms with Crippen LogP contribution in [0.15, 0.2) is 200 Å². The van der Waals surface area contributed by atoms with Gasteiger partial charge in [-0.25, -0.2) is 28.1 Å². The summed E-state index contributed by atoms with van der Waals surface area (Å²) in [4.78, 5) is 17.4. The van der Waals surface area contributed by atoms with Crippen molar-refractivity contribution in [3.05, 3.63) is 223 Å². The Morgan fingerprint density at radius 3 is 1.47 bits per heavy atom. The lowest BCUT2D eigenvalue weighted by Crippen LogP contribution is -2.32. The Bertz CT molecular complexity index is 4850. The van der Waals surface area contributed by atoms with E-state index in [1.807, 2.05) is 176 Å². The average molecular weight is 1120 g/mol. The molecule has 0 aliphatic carbocycles. The molecule has 408 valence electrons. The Labute approximate surface area is 477 Å². The Hall–Kier alpha value is -10.1.